The summed E-state index contributed by atoms with van der Waals surface area (Å²) in [5, 5.41) is 9.34. The molecule has 29 heavy (non-hydrogen) atoms. The molecule has 2 unspecified atom stereocenters. The summed E-state index contributed by atoms with van der Waals surface area (Å²) >= 11 is 0. The molecular weight excluding hydrogens is 395 g/mol. The van der Waals surface area contributed by atoms with Gasteiger partial charge in [-0.2, -0.15) is 0 Å². The van der Waals surface area contributed by atoms with Crippen LogP contribution in [0, 0.1) is 0 Å². The largest absolute Gasteiger partial charge is 1.00 e. The molecule has 4 nitrogen and oxygen atoms in total. The van der Waals surface area contributed by atoms with E-state index >= 15 is 0 Å². The molecule has 0 aliphatic carbocycles. The molecule has 6 heteroatoms. The summed E-state index contributed by atoms with van der Waals surface area (Å²) in [6.45, 7) is 4.38. The summed E-state index contributed by atoms with van der Waals surface area (Å²) in [6, 6.07) is 0. The first-order chi connectivity index (χ1) is 13.4. The Morgan fingerprint density at radius 3 is 1.41 bits per heavy atom. The van der Waals surface area contributed by atoms with E-state index in [2.05, 4.69) is 13.8 Å². The van der Waals surface area contributed by atoms with Crippen molar-refractivity contribution in [1.29, 1.82) is 0 Å². The minimum absolute atomic E-state index is 0. The van der Waals surface area contributed by atoms with Gasteiger partial charge < -0.3 is 9.66 Å². The monoisotopic (exact) mass is 442 g/mol. The smallest absolute Gasteiger partial charge is 0.748 e. The van der Waals surface area contributed by atoms with Crippen molar-refractivity contribution in [3.8, 4) is 0 Å². The third kappa shape index (κ3) is 21.9. The number of hydrogen-bond donors (Lipinski definition) is 1. The van der Waals surface area contributed by atoms with Gasteiger partial charge in [0.1, 0.15) is 0 Å². The molecule has 0 aliphatic rings. The van der Waals surface area contributed by atoms with Crippen LogP contribution in [-0.2, 0) is 10.1 Å². The van der Waals surface area contributed by atoms with Crippen molar-refractivity contribution >= 4 is 10.1 Å². The number of aliphatic hydroxyl groups is 1. The average Bonchev–Trinajstić information content (AvgIpc) is 2.64. The molecule has 170 valence electrons. The third-order valence-corrected chi connectivity index (χ3v) is 7.03. The SMILES string of the molecule is CCCCCCCCCCCC(O)CCCC(CCCCCCC)S(=O)(=O)[O-].[Na+]. The molecule has 0 aromatic carbocycles. The van der Waals surface area contributed by atoms with Crippen molar-refractivity contribution in [3.63, 3.8) is 0 Å². The molecule has 0 saturated heterocycles. The summed E-state index contributed by atoms with van der Waals surface area (Å²) in [6.07, 6.45) is 19.2. The molecule has 0 aromatic rings. The minimum atomic E-state index is -4.22. The van der Waals surface area contributed by atoms with E-state index in [0.29, 0.717) is 25.7 Å². The second-order valence-electron chi connectivity index (χ2n) is 8.52. The molecule has 0 radical (unpaired) electrons. The zero-order valence-electron chi connectivity index (χ0n) is 19.7. The predicted molar refractivity (Wildman–Crippen MR) is 119 cm³/mol. The van der Waals surface area contributed by atoms with Gasteiger partial charge in [0.25, 0.3) is 0 Å². The molecule has 0 heterocycles. The number of unbranched alkanes of at least 4 members (excludes halogenated alkanes) is 12. The summed E-state index contributed by atoms with van der Waals surface area (Å²) in [5.74, 6) is 0. The second-order valence-corrected chi connectivity index (χ2v) is 10.2. The topological polar surface area (TPSA) is 77.4 Å². The molecule has 0 aliphatic heterocycles. The molecule has 0 fully saturated rings. The fourth-order valence-electron chi connectivity index (χ4n) is 3.82. The molecule has 1 N–H and O–H groups in total. The quantitative estimate of drug-likeness (QED) is 0.167. The van der Waals surface area contributed by atoms with Crippen molar-refractivity contribution in [2.75, 3.05) is 0 Å². The standard InChI is InChI=1S/C23H48O4S.Na/c1-3-5-7-9-10-11-12-14-15-18-22(24)19-17-21-23(28(25,26)27)20-16-13-8-6-4-2;/h22-24H,3-21H2,1-2H3,(H,25,26,27);/q;+1/p-1. The maximum absolute atomic E-state index is 11.5. The van der Waals surface area contributed by atoms with E-state index in [-0.39, 0.29) is 35.7 Å². The first-order valence-electron chi connectivity index (χ1n) is 12.0. The Morgan fingerprint density at radius 2 is 0.966 bits per heavy atom. The van der Waals surface area contributed by atoms with Crippen molar-refractivity contribution in [2.24, 2.45) is 0 Å². The van der Waals surface area contributed by atoms with Gasteiger partial charge >= 0.3 is 29.6 Å². The summed E-state index contributed by atoms with van der Waals surface area (Å²) in [4.78, 5) is 0. The first-order valence-corrected chi connectivity index (χ1v) is 13.5. The Labute approximate surface area is 204 Å². The molecule has 0 bridgehead atoms. The molecule has 0 spiro atoms. The van der Waals surface area contributed by atoms with Crippen LogP contribution in [0.5, 0.6) is 0 Å². The van der Waals surface area contributed by atoms with Crippen molar-refractivity contribution in [3.05, 3.63) is 0 Å². The van der Waals surface area contributed by atoms with Crippen molar-refractivity contribution in [2.45, 2.75) is 147 Å². The zero-order valence-corrected chi connectivity index (χ0v) is 22.5. The fraction of sp³-hybridized carbons (Fsp3) is 1.00. The van der Waals surface area contributed by atoms with Crippen LogP contribution in [0.25, 0.3) is 0 Å². The zero-order chi connectivity index (χ0) is 21.1. The second kappa shape index (κ2) is 22.1. The minimum Gasteiger partial charge on any atom is -0.748 e. The van der Waals surface area contributed by atoms with Crippen LogP contribution in [0.3, 0.4) is 0 Å². The summed E-state index contributed by atoms with van der Waals surface area (Å²) < 4.78 is 34.4. The van der Waals surface area contributed by atoms with Gasteiger partial charge in [-0.1, -0.05) is 104 Å². The predicted octanol–water partition coefficient (Wildman–Crippen LogP) is 3.72. The van der Waals surface area contributed by atoms with Crippen LogP contribution in [0.2, 0.25) is 0 Å². The number of rotatable bonds is 21. The summed E-state index contributed by atoms with van der Waals surface area (Å²) in [5.41, 5.74) is 0. The molecular formula is C23H47NaO4S. The van der Waals surface area contributed by atoms with Gasteiger partial charge in [-0.25, -0.2) is 8.42 Å². The maximum Gasteiger partial charge on any atom is 1.00 e. The maximum atomic E-state index is 11.5. The van der Waals surface area contributed by atoms with Gasteiger partial charge in [0.15, 0.2) is 0 Å². The van der Waals surface area contributed by atoms with E-state index in [1.807, 2.05) is 0 Å². The molecule has 0 saturated carbocycles. The third-order valence-electron chi connectivity index (χ3n) is 5.74. The van der Waals surface area contributed by atoms with E-state index in [9.17, 15) is 18.1 Å². The normalized spacial score (nSPS) is 13.8. The first kappa shape index (κ1) is 32.1. The molecule has 0 aromatic heterocycles. The van der Waals surface area contributed by atoms with Crippen molar-refractivity contribution in [1.82, 2.24) is 0 Å². The molecule has 2 atom stereocenters. The van der Waals surface area contributed by atoms with Gasteiger partial charge in [0, 0.05) is 5.25 Å². The van der Waals surface area contributed by atoms with Crippen LogP contribution < -0.4 is 29.6 Å². The fourth-order valence-corrected chi connectivity index (χ4v) is 4.74. The number of aliphatic hydroxyl groups excluding tert-OH is 1. The van der Waals surface area contributed by atoms with E-state index in [4.69, 9.17) is 0 Å². The Kier molecular flexibility index (Phi) is 24.4. The van der Waals surface area contributed by atoms with E-state index in [1.54, 1.807) is 0 Å². The Bertz CT molecular complexity index is 429. The van der Waals surface area contributed by atoms with Crippen LogP contribution in [0.15, 0.2) is 0 Å². The van der Waals surface area contributed by atoms with Gasteiger partial charge in [-0.05, 0) is 32.1 Å². The molecule has 0 rings (SSSR count). The van der Waals surface area contributed by atoms with Gasteiger partial charge in [0.05, 0.1) is 16.2 Å². The van der Waals surface area contributed by atoms with Crippen LogP contribution in [-0.4, -0.2) is 29.4 Å². The Morgan fingerprint density at radius 1 is 0.621 bits per heavy atom. The van der Waals surface area contributed by atoms with E-state index < -0.39 is 15.4 Å². The van der Waals surface area contributed by atoms with E-state index in [0.717, 1.165) is 38.5 Å². The van der Waals surface area contributed by atoms with E-state index in [1.165, 1.54) is 57.8 Å². The van der Waals surface area contributed by atoms with Crippen molar-refractivity contribution < 1.29 is 47.6 Å². The van der Waals surface area contributed by atoms with Gasteiger partial charge in [-0.3, -0.25) is 0 Å². The molecule has 0 amide bonds. The van der Waals surface area contributed by atoms with Crippen LogP contribution in [0.4, 0.5) is 0 Å². The Balaban J connectivity index is 0. The number of hydrogen-bond acceptors (Lipinski definition) is 4. The Hall–Kier alpha value is 0.870. The van der Waals surface area contributed by atoms with Gasteiger partial charge in [0.2, 0.25) is 0 Å². The summed E-state index contributed by atoms with van der Waals surface area (Å²) in [7, 11) is -4.22. The van der Waals surface area contributed by atoms with Gasteiger partial charge in [-0.15, -0.1) is 0 Å². The average molecular weight is 443 g/mol. The van der Waals surface area contributed by atoms with Crippen LogP contribution >= 0.6 is 0 Å². The van der Waals surface area contributed by atoms with Crippen LogP contribution in [0.1, 0.15) is 136 Å².